The van der Waals surface area contributed by atoms with Crippen molar-refractivity contribution in [3.63, 3.8) is 0 Å². The Morgan fingerprint density at radius 1 is 1.30 bits per heavy atom. The Morgan fingerprint density at radius 3 is 2.60 bits per heavy atom. The molecule has 0 saturated carbocycles. The van der Waals surface area contributed by atoms with E-state index < -0.39 is 6.10 Å². The highest BCUT2D eigenvalue weighted by atomic mass is 32.1. The lowest BCUT2D eigenvalue weighted by molar-refractivity contribution is -0.119. The van der Waals surface area contributed by atoms with E-state index in [1.54, 1.807) is 6.07 Å². The van der Waals surface area contributed by atoms with E-state index >= 15 is 0 Å². The predicted molar refractivity (Wildman–Crippen MR) is 79.6 cm³/mol. The van der Waals surface area contributed by atoms with E-state index in [4.69, 9.17) is 0 Å². The van der Waals surface area contributed by atoms with Gasteiger partial charge < -0.3 is 15.7 Å². The second-order valence-corrected chi connectivity index (χ2v) is 6.20. The van der Waals surface area contributed by atoms with Crippen LogP contribution in [0.5, 0.6) is 0 Å². The van der Waals surface area contributed by atoms with E-state index in [9.17, 15) is 14.7 Å². The van der Waals surface area contributed by atoms with Gasteiger partial charge in [-0.2, -0.15) is 0 Å². The van der Waals surface area contributed by atoms with Crippen LogP contribution < -0.4 is 10.6 Å². The van der Waals surface area contributed by atoms with E-state index in [0.29, 0.717) is 24.4 Å². The minimum Gasteiger partial charge on any atom is -0.393 e. The second kappa shape index (κ2) is 8.01. The van der Waals surface area contributed by atoms with E-state index in [2.05, 4.69) is 10.6 Å². The molecular weight excluding hydrogens is 276 g/mol. The number of thiophene rings is 1. The normalized spacial score (nSPS) is 12.2. The molecule has 0 radical (unpaired) electrons. The summed E-state index contributed by atoms with van der Waals surface area (Å²) in [5.41, 5.74) is 0. The van der Waals surface area contributed by atoms with Gasteiger partial charge in [0.1, 0.15) is 0 Å². The molecule has 1 atom stereocenters. The molecule has 1 rings (SSSR count). The Bertz CT molecular complexity index is 457. The van der Waals surface area contributed by atoms with E-state index in [0.717, 1.165) is 4.88 Å². The fourth-order valence-electron chi connectivity index (χ4n) is 1.56. The van der Waals surface area contributed by atoms with Crippen molar-refractivity contribution in [2.45, 2.75) is 39.8 Å². The maximum Gasteiger partial charge on any atom is 0.261 e. The molecule has 0 bridgehead atoms. The average Bonchev–Trinajstić information content (AvgIpc) is 2.84. The monoisotopic (exact) mass is 298 g/mol. The Kier molecular flexibility index (Phi) is 6.67. The van der Waals surface area contributed by atoms with Crippen molar-refractivity contribution in [2.75, 3.05) is 6.54 Å². The molecule has 0 aliphatic heterocycles. The molecular formula is C14H22N2O3S. The van der Waals surface area contributed by atoms with Gasteiger partial charge >= 0.3 is 0 Å². The Labute approximate surface area is 123 Å². The summed E-state index contributed by atoms with van der Waals surface area (Å²) >= 11 is 1.36. The molecule has 1 aromatic heterocycles. The van der Waals surface area contributed by atoms with Crippen LogP contribution in [0.25, 0.3) is 0 Å². The van der Waals surface area contributed by atoms with Gasteiger partial charge in [-0.05, 0) is 24.5 Å². The van der Waals surface area contributed by atoms with Gasteiger partial charge in [-0.3, -0.25) is 9.59 Å². The first kappa shape index (κ1) is 16.7. The number of nitrogens with one attached hydrogen (secondary N) is 2. The molecule has 5 nitrogen and oxygen atoms in total. The standard InChI is InChI=1S/C14H22N2O3S/c1-9(2)12(18)6-7-15-14(19)13-5-4-11(20-13)8-16-10(3)17/h4-5,9,12,18H,6-8H2,1-3H3,(H,15,19)(H,16,17). The summed E-state index contributed by atoms with van der Waals surface area (Å²) in [6.45, 7) is 6.25. The van der Waals surface area contributed by atoms with Crippen molar-refractivity contribution < 1.29 is 14.7 Å². The molecule has 0 spiro atoms. The fourth-order valence-corrected chi connectivity index (χ4v) is 2.42. The number of carbonyl (C=O) groups is 2. The van der Waals surface area contributed by atoms with Crippen molar-refractivity contribution >= 4 is 23.2 Å². The third kappa shape index (κ3) is 5.71. The van der Waals surface area contributed by atoms with E-state index in [1.165, 1.54) is 18.3 Å². The quantitative estimate of drug-likeness (QED) is 0.714. The highest BCUT2D eigenvalue weighted by Crippen LogP contribution is 2.16. The third-order valence-electron chi connectivity index (χ3n) is 2.89. The lowest BCUT2D eigenvalue weighted by Gasteiger charge is -2.14. The SMILES string of the molecule is CC(=O)NCc1ccc(C(=O)NCCC(O)C(C)C)s1. The third-order valence-corrected chi connectivity index (χ3v) is 3.98. The minimum absolute atomic E-state index is 0.0907. The van der Waals surface area contributed by atoms with Crippen molar-refractivity contribution in [2.24, 2.45) is 5.92 Å². The maximum atomic E-state index is 11.9. The van der Waals surface area contributed by atoms with Crippen LogP contribution in [0.4, 0.5) is 0 Å². The number of hydrogen-bond donors (Lipinski definition) is 3. The summed E-state index contributed by atoms with van der Waals surface area (Å²) in [6.07, 6.45) is 0.155. The number of rotatable bonds is 7. The first-order valence-corrected chi connectivity index (χ1v) is 7.51. The highest BCUT2D eigenvalue weighted by Gasteiger charge is 2.12. The van der Waals surface area contributed by atoms with Gasteiger partial charge in [-0.25, -0.2) is 0 Å². The Balaban J connectivity index is 2.38. The first-order chi connectivity index (χ1) is 9.40. The Morgan fingerprint density at radius 2 is 2.00 bits per heavy atom. The molecule has 0 aromatic carbocycles. The van der Waals surface area contributed by atoms with Crippen LogP contribution in [0.3, 0.4) is 0 Å². The predicted octanol–water partition coefficient (Wildman–Crippen LogP) is 1.52. The molecule has 0 aliphatic rings. The van der Waals surface area contributed by atoms with Crippen LogP contribution in [0.15, 0.2) is 12.1 Å². The number of amides is 2. The smallest absolute Gasteiger partial charge is 0.261 e. The lowest BCUT2D eigenvalue weighted by Crippen LogP contribution is -2.28. The molecule has 0 aliphatic carbocycles. The number of aliphatic hydroxyl groups excluding tert-OH is 1. The highest BCUT2D eigenvalue weighted by molar-refractivity contribution is 7.14. The van der Waals surface area contributed by atoms with Crippen LogP contribution in [-0.2, 0) is 11.3 Å². The zero-order valence-corrected chi connectivity index (χ0v) is 12.9. The zero-order valence-electron chi connectivity index (χ0n) is 12.1. The molecule has 0 saturated heterocycles. The maximum absolute atomic E-state index is 11.9. The summed E-state index contributed by atoms with van der Waals surface area (Å²) in [5, 5.41) is 15.1. The summed E-state index contributed by atoms with van der Waals surface area (Å²) in [6, 6.07) is 3.58. The molecule has 20 heavy (non-hydrogen) atoms. The topological polar surface area (TPSA) is 78.4 Å². The van der Waals surface area contributed by atoms with Crippen LogP contribution >= 0.6 is 11.3 Å². The van der Waals surface area contributed by atoms with E-state index in [-0.39, 0.29) is 17.7 Å². The van der Waals surface area contributed by atoms with E-state index in [1.807, 2.05) is 19.9 Å². The molecule has 1 unspecified atom stereocenters. The zero-order chi connectivity index (χ0) is 15.1. The van der Waals surface area contributed by atoms with Gasteiger partial charge in [-0.1, -0.05) is 13.8 Å². The van der Waals surface area contributed by atoms with Crippen LogP contribution in [0, 0.1) is 5.92 Å². The molecule has 1 heterocycles. The van der Waals surface area contributed by atoms with Crippen molar-refractivity contribution in [1.82, 2.24) is 10.6 Å². The van der Waals surface area contributed by atoms with Gasteiger partial charge in [0.05, 0.1) is 17.5 Å². The van der Waals surface area contributed by atoms with Crippen molar-refractivity contribution in [3.8, 4) is 0 Å². The lowest BCUT2D eigenvalue weighted by atomic mass is 10.0. The summed E-state index contributed by atoms with van der Waals surface area (Å²) in [7, 11) is 0. The van der Waals surface area contributed by atoms with Gasteiger partial charge in [0.25, 0.3) is 5.91 Å². The fraction of sp³-hybridized carbons (Fsp3) is 0.571. The largest absolute Gasteiger partial charge is 0.393 e. The number of carbonyl (C=O) groups excluding carboxylic acids is 2. The van der Waals surface area contributed by atoms with Crippen LogP contribution in [-0.4, -0.2) is 29.6 Å². The molecule has 6 heteroatoms. The molecule has 112 valence electrons. The summed E-state index contributed by atoms with van der Waals surface area (Å²) in [4.78, 5) is 24.2. The van der Waals surface area contributed by atoms with Crippen LogP contribution in [0.2, 0.25) is 0 Å². The van der Waals surface area contributed by atoms with Gasteiger partial charge in [0, 0.05) is 18.3 Å². The first-order valence-electron chi connectivity index (χ1n) is 6.69. The molecule has 1 aromatic rings. The number of hydrogen-bond acceptors (Lipinski definition) is 4. The van der Waals surface area contributed by atoms with Gasteiger partial charge in [-0.15, -0.1) is 11.3 Å². The summed E-state index contributed by atoms with van der Waals surface area (Å²) < 4.78 is 0. The van der Waals surface area contributed by atoms with Gasteiger partial charge in [0.15, 0.2) is 0 Å². The molecule has 3 N–H and O–H groups in total. The van der Waals surface area contributed by atoms with Crippen LogP contribution in [0.1, 0.15) is 41.7 Å². The minimum atomic E-state index is -0.394. The van der Waals surface area contributed by atoms with Gasteiger partial charge in [0.2, 0.25) is 5.91 Å². The number of aliphatic hydroxyl groups is 1. The van der Waals surface area contributed by atoms with Crippen molar-refractivity contribution in [3.05, 3.63) is 21.9 Å². The Hall–Kier alpha value is -1.40. The second-order valence-electron chi connectivity index (χ2n) is 5.03. The summed E-state index contributed by atoms with van der Waals surface area (Å²) in [5.74, 6) is -0.0370. The molecule has 0 fully saturated rings. The molecule has 2 amide bonds. The average molecular weight is 298 g/mol. The van der Waals surface area contributed by atoms with Crippen molar-refractivity contribution in [1.29, 1.82) is 0 Å².